The van der Waals surface area contributed by atoms with Crippen LogP contribution in [0.15, 0.2) is 59.7 Å². The van der Waals surface area contributed by atoms with E-state index in [0.717, 1.165) is 27.7 Å². The molecular formula is C23H19N5O3. The van der Waals surface area contributed by atoms with E-state index in [-0.39, 0.29) is 5.56 Å². The van der Waals surface area contributed by atoms with Crippen LogP contribution in [0, 0.1) is 0 Å². The number of nitrogens with zero attached hydrogens (tertiary/aromatic N) is 3. The van der Waals surface area contributed by atoms with Gasteiger partial charge in [0.2, 0.25) is 0 Å². The lowest BCUT2D eigenvalue weighted by Gasteiger charge is -2.10. The Morgan fingerprint density at radius 2 is 1.87 bits per heavy atom. The molecule has 0 radical (unpaired) electrons. The van der Waals surface area contributed by atoms with E-state index in [4.69, 9.17) is 9.47 Å². The minimum Gasteiger partial charge on any atom is -0.493 e. The van der Waals surface area contributed by atoms with Crippen molar-refractivity contribution >= 4 is 21.8 Å². The summed E-state index contributed by atoms with van der Waals surface area (Å²) in [6, 6.07) is 13.3. The van der Waals surface area contributed by atoms with Gasteiger partial charge < -0.3 is 14.5 Å². The molecule has 0 aliphatic carbocycles. The molecule has 3 aromatic heterocycles. The highest BCUT2D eigenvalue weighted by Crippen LogP contribution is 2.30. The molecule has 0 saturated heterocycles. The smallest absolute Gasteiger partial charge is 0.258 e. The normalized spacial score (nSPS) is 11.2. The Hall–Kier alpha value is -4.20. The topological polar surface area (TPSA) is 106 Å². The van der Waals surface area contributed by atoms with Crippen LogP contribution in [-0.2, 0) is 6.42 Å². The van der Waals surface area contributed by atoms with E-state index in [1.165, 1.54) is 7.11 Å². The molecule has 154 valence electrons. The summed E-state index contributed by atoms with van der Waals surface area (Å²) >= 11 is 0. The van der Waals surface area contributed by atoms with Crippen LogP contribution >= 0.6 is 0 Å². The highest BCUT2D eigenvalue weighted by Gasteiger charge is 2.12. The van der Waals surface area contributed by atoms with Crippen LogP contribution in [0.3, 0.4) is 0 Å². The number of aromatic amines is 2. The maximum absolute atomic E-state index is 12.6. The summed E-state index contributed by atoms with van der Waals surface area (Å²) in [6.07, 6.45) is 3.96. The van der Waals surface area contributed by atoms with Gasteiger partial charge in [0.1, 0.15) is 5.82 Å². The summed E-state index contributed by atoms with van der Waals surface area (Å²) < 4.78 is 10.6. The van der Waals surface area contributed by atoms with Crippen molar-refractivity contribution in [2.75, 3.05) is 14.2 Å². The third-order valence-corrected chi connectivity index (χ3v) is 5.19. The van der Waals surface area contributed by atoms with Crippen molar-refractivity contribution in [3.63, 3.8) is 0 Å². The number of aromatic nitrogens is 5. The summed E-state index contributed by atoms with van der Waals surface area (Å²) in [5.41, 5.74) is 4.04. The summed E-state index contributed by atoms with van der Waals surface area (Å²) in [4.78, 5) is 24.8. The second kappa shape index (κ2) is 7.56. The van der Waals surface area contributed by atoms with Crippen molar-refractivity contribution < 1.29 is 9.47 Å². The van der Waals surface area contributed by atoms with Crippen LogP contribution in [0.1, 0.15) is 11.4 Å². The molecule has 5 rings (SSSR count). The number of hydrogen-bond acceptors (Lipinski definition) is 6. The van der Waals surface area contributed by atoms with Gasteiger partial charge in [0.05, 0.1) is 36.3 Å². The number of rotatable bonds is 5. The van der Waals surface area contributed by atoms with Gasteiger partial charge in [0.25, 0.3) is 5.56 Å². The molecule has 31 heavy (non-hydrogen) atoms. The van der Waals surface area contributed by atoms with Gasteiger partial charge in [0.15, 0.2) is 11.5 Å². The van der Waals surface area contributed by atoms with Crippen molar-refractivity contribution in [2.24, 2.45) is 0 Å². The summed E-state index contributed by atoms with van der Waals surface area (Å²) in [7, 11) is 3.08. The standard InChI is InChI=1S/C23H19N5O3/c1-30-19-10-16-18(11-20(19)31-2)26-21(27-23(16)29)9-13-8-14-4-3-5-15(22(14)24-12-13)17-6-7-25-28-17/h3-8,10-12H,9H2,1-2H3,(H,25,28)(H,26,27,29). The van der Waals surface area contributed by atoms with Gasteiger partial charge in [0, 0.05) is 35.8 Å². The largest absolute Gasteiger partial charge is 0.493 e. The average molecular weight is 413 g/mol. The molecule has 0 saturated carbocycles. The van der Waals surface area contributed by atoms with E-state index < -0.39 is 0 Å². The molecule has 0 amide bonds. The third kappa shape index (κ3) is 3.38. The second-order valence-corrected chi connectivity index (χ2v) is 7.10. The van der Waals surface area contributed by atoms with Gasteiger partial charge in [-0.3, -0.25) is 14.9 Å². The Bertz CT molecular complexity index is 1460. The number of pyridine rings is 1. The molecule has 2 N–H and O–H groups in total. The Kier molecular flexibility index (Phi) is 4.59. The van der Waals surface area contributed by atoms with Crippen molar-refractivity contribution in [1.29, 1.82) is 0 Å². The van der Waals surface area contributed by atoms with E-state index in [2.05, 4.69) is 31.2 Å². The van der Waals surface area contributed by atoms with Crippen LogP contribution in [0.2, 0.25) is 0 Å². The lowest BCUT2D eigenvalue weighted by Crippen LogP contribution is -2.12. The molecule has 0 fully saturated rings. The van der Waals surface area contributed by atoms with Crippen LogP contribution < -0.4 is 15.0 Å². The molecule has 0 aliphatic rings. The van der Waals surface area contributed by atoms with E-state index in [9.17, 15) is 4.79 Å². The first-order valence-corrected chi connectivity index (χ1v) is 9.68. The predicted molar refractivity (Wildman–Crippen MR) is 118 cm³/mol. The van der Waals surface area contributed by atoms with Gasteiger partial charge in [-0.15, -0.1) is 0 Å². The van der Waals surface area contributed by atoms with Gasteiger partial charge >= 0.3 is 0 Å². The first-order chi connectivity index (χ1) is 15.2. The molecule has 0 atom stereocenters. The number of nitrogens with one attached hydrogen (secondary N) is 2. The maximum Gasteiger partial charge on any atom is 0.258 e. The third-order valence-electron chi connectivity index (χ3n) is 5.19. The maximum atomic E-state index is 12.6. The van der Waals surface area contributed by atoms with Gasteiger partial charge in [-0.25, -0.2) is 4.98 Å². The van der Waals surface area contributed by atoms with Crippen LogP contribution in [0.4, 0.5) is 0 Å². The number of H-pyrrole nitrogens is 2. The number of hydrogen-bond donors (Lipinski definition) is 2. The van der Waals surface area contributed by atoms with Gasteiger partial charge in [-0.05, 0) is 23.8 Å². The molecule has 2 aromatic carbocycles. The highest BCUT2D eigenvalue weighted by molar-refractivity contribution is 5.92. The number of methoxy groups -OCH3 is 2. The van der Waals surface area contributed by atoms with E-state index >= 15 is 0 Å². The van der Waals surface area contributed by atoms with Crippen LogP contribution in [-0.4, -0.2) is 39.4 Å². The fourth-order valence-electron chi connectivity index (χ4n) is 3.72. The zero-order valence-electron chi connectivity index (χ0n) is 17.0. The minimum absolute atomic E-state index is 0.226. The molecule has 8 nitrogen and oxygen atoms in total. The molecule has 0 bridgehead atoms. The number of fused-ring (bicyclic) bond motifs is 2. The number of para-hydroxylation sites is 1. The quantitative estimate of drug-likeness (QED) is 0.457. The summed E-state index contributed by atoms with van der Waals surface area (Å²) in [5, 5.41) is 8.45. The Balaban J connectivity index is 1.54. The van der Waals surface area contributed by atoms with E-state index in [1.54, 1.807) is 31.6 Å². The monoisotopic (exact) mass is 413 g/mol. The first kappa shape index (κ1) is 18.8. The molecule has 0 aliphatic heterocycles. The minimum atomic E-state index is -0.226. The fraction of sp³-hybridized carbons (Fsp3) is 0.130. The molecular weight excluding hydrogens is 394 g/mol. The lowest BCUT2D eigenvalue weighted by atomic mass is 10.0. The highest BCUT2D eigenvalue weighted by atomic mass is 16.5. The zero-order chi connectivity index (χ0) is 21.4. The van der Waals surface area contributed by atoms with Crippen LogP contribution in [0.25, 0.3) is 33.1 Å². The molecule has 0 spiro atoms. The molecule has 0 unspecified atom stereocenters. The zero-order valence-corrected chi connectivity index (χ0v) is 17.0. The SMILES string of the molecule is COc1cc2nc(Cc3cnc4c(-c5ccn[nH]5)cccc4c3)[nH]c(=O)c2cc1OC. The number of benzene rings is 2. The first-order valence-electron chi connectivity index (χ1n) is 9.68. The summed E-state index contributed by atoms with van der Waals surface area (Å²) in [6.45, 7) is 0. The van der Waals surface area contributed by atoms with Gasteiger partial charge in [-0.2, -0.15) is 5.10 Å². The Morgan fingerprint density at radius 3 is 2.65 bits per heavy atom. The van der Waals surface area contributed by atoms with E-state index in [0.29, 0.717) is 34.6 Å². The van der Waals surface area contributed by atoms with Crippen molar-refractivity contribution in [3.8, 4) is 22.8 Å². The van der Waals surface area contributed by atoms with Crippen molar-refractivity contribution in [3.05, 3.63) is 76.6 Å². The molecule has 5 aromatic rings. The van der Waals surface area contributed by atoms with E-state index in [1.807, 2.05) is 24.3 Å². The second-order valence-electron chi connectivity index (χ2n) is 7.10. The molecule has 8 heteroatoms. The predicted octanol–water partition coefficient (Wildman–Crippen LogP) is 3.47. The number of ether oxygens (including phenoxy) is 2. The Labute approximate surface area is 176 Å². The van der Waals surface area contributed by atoms with Crippen molar-refractivity contribution in [2.45, 2.75) is 6.42 Å². The van der Waals surface area contributed by atoms with Crippen LogP contribution in [0.5, 0.6) is 11.5 Å². The fourth-order valence-corrected chi connectivity index (χ4v) is 3.72. The van der Waals surface area contributed by atoms with Crippen molar-refractivity contribution in [1.82, 2.24) is 25.1 Å². The lowest BCUT2D eigenvalue weighted by molar-refractivity contribution is 0.355. The Morgan fingerprint density at radius 1 is 1.03 bits per heavy atom. The molecule has 3 heterocycles. The average Bonchev–Trinajstić information content (AvgIpc) is 3.32. The van der Waals surface area contributed by atoms with Gasteiger partial charge in [-0.1, -0.05) is 18.2 Å². The summed E-state index contributed by atoms with van der Waals surface area (Å²) in [5.74, 6) is 1.57.